The molecule has 3 rings (SSSR count). The van der Waals surface area contributed by atoms with Gasteiger partial charge in [-0.05, 0) is 62.7 Å². The molecule has 0 radical (unpaired) electrons. The Kier molecular flexibility index (Phi) is 6.77. The van der Waals surface area contributed by atoms with Crippen molar-refractivity contribution in [1.29, 1.82) is 0 Å². The average Bonchev–Trinajstić information content (AvgIpc) is 3.14. The van der Waals surface area contributed by atoms with Crippen molar-refractivity contribution in [2.45, 2.75) is 25.9 Å². The number of rotatable bonds is 7. The molecule has 0 saturated heterocycles. The van der Waals surface area contributed by atoms with Crippen LogP contribution in [-0.4, -0.2) is 40.6 Å². The van der Waals surface area contributed by atoms with Crippen LogP contribution in [0.2, 0.25) is 0 Å². The number of hydrogen-bond donors (Lipinski definition) is 3. The maximum Gasteiger partial charge on any atom is 0.269 e. The Balaban J connectivity index is 1.48. The van der Waals surface area contributed by atoms with Gasteiger partial charge < -0.3 is 9.88 Å². The number of fused-ring (bicyclic) bond motifs is 1. The number of anilines is 1. The molecule has 0 fully saturated rings. The minimum Gasteiger partial charge on any atom is -0.372 e. The van der Waals surface area contributed by atoms with Crippen LogP contribution in [-0.2, 0) is 4.79 Å². The minimum absolute atomic E-state index is 0.139. The Morgan fingerprint density at radius 1 is 1.07 bits per heavy atom. The van der Waals surface area contributed by atoms with E-state index >= 15 is 0 Å². The van der Waals surface area contributed by atoms with Crippen LogP contribution in [0.25, 0.3) is 11.0 Å². The first-order chi connectivity index (χ1) is 14.0. The normalized spacial score (nSPS) is 10.7. The summed E-state index contributed by atoms with van der Waals surface area (Å²) in [6.07, 6.45) is 0. The third-order valence-corrected chi connectivity index (χ3v) is 5.40. The SMILES string of the molecule is CCN(CC)c1ccc(C(=O)NNC(=O)CSc2nc3ccc(C)cc3[nH]2)cc1. The van der Waals surface area contributed by atoms with E-state index in [0.717, 1.165) is 35.4 Å². The summed E-state index contributed by atoms with van der Waals surface area (Å²) < 4.78 is 0. The molecule has 1 heterocycles. The van der Waals surface area contributed by atoms with Crippen molar-refractivity contribution in [2.24, 2.45) is 0 Å². The van der Waals surface area contributed by atoms with Crippen LogP contribution in [0.4, 0.5) is 5.69 Å². The first-order valence-electron chi connectivity index (χ1n) is 9.53. The van der Waals surface area contributed by atoms with Crippen LogP contribution in [0.15, 0.2) is 47.6 Å². The molecule has 3 N–H and O–H groups in total. The van der Waals surface area contributed by atoms with Crippen molar-refractivity contribution in [3.63, 3.8) is 0 Å². The van der Waals surface area contributed by atoms with Gasteiger partial charge in [0.15, 0.2) is 5.16 Å². The quantitative estimate of drug-likeness (QED) is 0.410. The molecule has 2 aromatic carbocycles. The van der Waals surface area contributed by atoms with E-state index in [1.807, 2.05) is 37.3 Å². The highest BCUT2D eigenvalue weighted by atomic mass is 32.2. The maximum absolute atomic E-state index is 12.2. The number of hydrazine groups is 1. The van der Waals surface area contributed by atoms with E-state index in [2.05, 4.69) is 39.6 Å². The lowest BCUT2D eigenvalue weighted by molar-refractivity contribution is -0.119. The number of hydrogen-bond acceptors (Lipinski definition) is 5. The molecular weight excluding hydrogens is 386 g/mol. The highest BCUT2D eigenvalue weighted by Gasteiger charge is 2.10. The van der Waals surface area contributed by atoms with Gasteiger partial charge in [0.2, 0.25) is 5.91 Å². The fourth-order valence-electron chi connectivity index (χ4n) is 2.95. The van der Waals surface area contributed by atoms with E-state index in [9.17, 15) is 9.59 Å². The van der Waals surface area contributed by atoms with Gasteiger partial charge in [-0.1, -0.05) is 17.8 Å². The minimum atomic E-state index is -0.353. The molecule has 8 heteroatoms. The zero-order valence-electron chi connectivity index (χ0n) is 16.8. The van der Waals surface area contributed by atoms with Crippen LogP contribution >= 0.6 is 11.8 Å². The molecule has 3 aromatic rings. The van der Waals surface area contributed by atoms with Crippen molar-refractivity contribution in [3.8, 4) is 0 Å². The fraction of sp³-hybridized carbons (Fsp3) is 0.286. The Bertz CT molecular complexity index is 996. The second kappa shape index (κ2) is 9.47. The predicted molar refractivity (Wildman–Crippen MR) is 117 cm³/mol. The molecule has 152 valence electrons. The Labute approximate surface area is 174 Å². The van der Waals surface area contributed by atoms with Crippen molar-refractivity contribution in [1.82, 2.24) is 20.8 Å². The lowest BCUT2D eigenvalue weighted by Crippen LogP contribution is -2.42. The highest BCUT2D eigenvalue weighted by Crippen LogP contribution is 2.20. The van der Waals surface area contributed by atoms with E-state index in [-0.39, 0.29) is 17.6 Å². The van der Waals surface area contributed by atoms with Gasteiger partial charge in [0, 0.05) is 24.3 Å². The van der Waals surface area contributed by atoms with Crippen molar-refractivity contribution in [3.05, 3.63) is 53.6 Å². The van der Waals surface area contributed by atoms with Crippen molar-refractivity contribution in [2.75, 3.05) is 23.7 Å². The summed E-state index contributed by atoms with van der Waals surface area (Å²) in [5, 5.41) is 0.666. The summed E-state index contributed by atoms with van der Waals surface area (Å²) in [4.78, 5) is 34.1. The zero-order valence-corrected chi connectivity index (χ0v) is 17.6. The number of aromatic amines is 1. The van der Waals surface area contributed by atoms with Crippen LogP contribution in [0.3, 0.4) is 0 Å². The standard InChI is InChI=1S/C21H25N5O2S/c1-4-26(5-2)16-9-7-15(8-10-16)20(28)25-24-19(27)13-29-21-22-17-11-6-14(3)12-18(17)23-21/h6-12H,4-5,13H2,1-3H3,(H,22,23)(H,24,27)(H,25,28). The summed E-state index contributed by atoms with van der Waals surface area (Å²) in [7, 11) is 0. The first-order valence-corrected chi connectivity index (χ1v) is 10.5. The Hall–Kier alpha value is -3.00. The summed E-state index contributed by atoms with van der Waals surface area (Å²) in [6.45, 7) is 8.00. The average molecular weight is 412 g/mol. The van der Waals surface area contributed by atoms with E-state index in [1.54, 1.807) is 12.1 Å². The Morgan fingerprint density at radius 3 is 2.48 bits per heavy atom. The van der Waals surface area contributed by atoms with Gasteiger partial charge in [0.25, 0.3) is 5.91 Å². The number of carbonyl (C=O) groups is 2. The van der Waals surface area contributed by atoms with E-state index in [4.69, 9.17) is 0 Å². The molecule has 0 bridgehead atoms. The number of nitrogens with one attached hydrogen (secondary N) is 3. The molecule has 0 aliphatic rings. The molecule has 29 heavy (non-hydrogen) atoms. The van der Waals surface area contributed by atoms with E-state index < -0.39 is 0 Å². The van der Waals surface area contributed by atoms with Crippen molar-refractivity contribution >= 4 is 40.3 Å². The third-order valence-electron chi connectivity index (χ3n) is 4.53. The van der Waals surface area contributed by atoms with Crippen LogP contribution in [0.1, 0.15) is 29.8 Å². The molecule has 2 amide bonds. The predicted octanol–water partition coefficient (Wildman–Crippen LogP) is 3.27. The largest absolute Gasteiger partial charge is 0.372 e. The lowest BCUT2D eigenvalue weighted by atomic mass is 10.2. The number of aromatic nitrogens is 2. The van der Waals surface area contributed by atoms with Gasteiger partial charge in [0.1, 0.15) is 0 Å². The molecule has 0 atom stereocenters. The van der Waals surface area contributed by atoms with Gasteiger partial charge in [-0.2, -0.15) is 0 Å². The van der Waals surface area contributed by atoms with E-state index in [0.29, 0.717) is 10.7 Å². The van der Waals surface area contributed by atoms with Gasteiger partial charge >= 0.3 is 0 Å². The topological polar surface area (TPSA) is 90.1 Å². The molecular formula is C21H25N5O2S. The summed E-state index contributed by atoms with van der Waals surface area (Å²) in [5.74, 6) is -0.520. The number of thioether (sulfide) groups is 1. The smallest absolute Gasteiger partial charge is 0.269 e. The summed E-state index contributed by atoms with van der Waals surface area (Å²) >= 11 is 1.28. The van der Waals surface area contributed by atoms with Crippen LogP contribution in [0.5, 0.6) is 0 Å². The molecule has 7 nitrogen and oxygen atoms in total. The number of benzene rings is 2. The number of aryl methyl sites for hydroxylation is 1. The van der Waals surface area contributed by atoms with Crippen molar-refractivity contribution < 1.29 is 9.59 Å². The van der Waals surface area contributed by atoms with E-state index in [1.165, 1.54) is 11.8 Å². The molecule has 0 spiro atoms. The van der Waals surface area contributed by atoms with Gasteiger partial charge in [0.05, 0.1) is 16.8 Å². The highest BCUT2D eigenvalue weighted by molar-refractivity contribution is 7.99. The third kappa shape index (κ3) is 5.29. The summed E-state index contributed by atoms with van der Waals surface area (Å²) in [5.41, 5.74) is 9.38. The molecule has 0 unspecified atom stereocenters. The van der Waals surface area contributed by atoms with Gasteiger partial charge in [-0.3, -0.25) is 20.4 Å². The second-order valence-corrected chi connectivity index (χ2v) is 7.54. The Morgan fingerprint density at radius 2 is 1.79 bits per heavy atom. The molecule has 0 saturated carbocycles. The van der Waals surface area contributed by atoms with Crippen LogP contribution < -0.4 is 15.8 Å². The molecule has 1 aromatic heterocycles. The number of carbonyl (C=O) groups excluding carboxylic acids is 2. The zero-order chi connectivity index (χ0) is 20.8. The van der Waals surface area contributed by atoms with Gasteiger partial charge in [-0.25, -0.2) is 4.98 Å². The van der Waals surface area contributed by atoms with Gasteiger partial charge in [-0.15, -0.1) is 0 Å². The fourth-order valence-corrected chi connectivity index (χ4v) is 3.63. The maximum atomic E-state index is 12.2. The summed E-state index contributed by atoms with van der Waals surface area (Å²) in [6, 6.07) is 13.3. The number of imidazole rings is 1. The molecule has 0 aliphatic heterocycles. The number of nitrogens with zero attached hydrogens (tertiary/aromatic N) is 2. The lowest BCUT2D eigenvalue weighted by Gasteiger charge is -2.21. The van der Waals surface area contributed by atoms with Crippen LogP contribution in [0, 0.1) is 6.92 Å². The number of H-pyrrole nitrogens is 1. The molecule has 0 aliphatic carbocycles. The first kappa shape index (κ1) is 20.7. The number of amides is 2. The monoisotopic (exact) mass is 411 g/mol. The second-order valence-electron chi connectivity index (χ2n) is 6.57.